The van der Waals surface area contributed by atoms with Gasteiger partial charge in [-0.25, -0.2) is 0 Å². The van der Waals surface area contributed by atoms with Crippen LogP contribution in [0, 0.1) is 12.8 Å². The van der Waals surface area contributed by atoms with Crippen LogP contribution in [0.25, 0.3) is 10.9 Å². The third-order valence-electron chi connectivity index (χ3n) is 5.05. The van der Waals surface area contributed by atoms with E-state index in [-0.39, 0.29) is 18.1 Å². The van der Waals surface area contributed by atoms with Crippen LogP contribution in [0.2, 0.25) is 0 Å². The second-order valence-electron chi connectivity index (χ2n) is 6.42. The average molecular weight is 300 g/mol. The van der Waals surface area contributed by atoms with E-state index in [4.69, 9.17) is 0 Å². The summed E-state index contributed by atoms with van der Waals surface area (Å²) in [7, 11) is 1.94. The fourth-order valence-corrected chi connectivity index (χ4v) is 3.65. The minimum Gasteiger partial charge on any atom is -0.393 e. The second kappa shape index (κ2) is 5.76. The molecule has 0 unspecified atom stereocenters. The molecule has 3 rings (SSSR count). The molecule has 1 heterocycles. The molecule has 118 valence electrons. The fourth-order valence-electron chi connectivity index (χ4n) is 3.65. The number of hydrogen-bond donors (Lipinski definition) is 2. The van der Waals surface area contributed by atoms with E-state index in [1.807, 2.05) is 36.7 Å². The molecule has 2 N–H and O–H groups in total. The van der Waals surface area contributed by atoms with Crippen LogP contribution in [0.15, 0.2) is 24.3 Å². The summed E-state index contributed by atoms with van der Waals surface area (Å²) >= 11 is 0. The quantitative estimate of drug-likeness (QED) is 0.912. The van der Waals surface area contributed by atoms with Gasteiger partial charge in [0.15, 0.2) is 0 Å². The Bertz CT molecular complexity index is 659. The number of aliphatic hydroxyl groups is 1. The van der Waals surface area contributed by atoms with Gasteiger partial charge in [0, 0.05) is 24.0 Å². The van der Waals surface area contributed by atoms with Crippen LogP contribution in [-0.2, 0) is 7.05 Å². The zero-order valence-corrected chi connectivity index (χ0v) is 13.5. The van der Waals surface area contributed by atoms with Gasteiger partial charge in [0.25, 0.3) is 5.91 Å². The molecule has 0 aliphatic heterocycles. The predicted molar refractivity (Wildman–Crippen MR) is 87.9 cm³/mol. The van der Waals surface area contributed by atoms with E-state index in [0.717, 1.165) is 41.4 Å². The topological polar surface area (TPSA) is 54.3 Å². The molecule has 0 saturated heterocycles. The van der Waals surface area contributed by atoms with Crippen molar-refractivity contribution in [2.24, 2.45) is 13.0 Å². The molecular weight excluding hydrogens is 276 g/mol. The van der Waals surface area contributed by atoms with Gasteiger partial charge in [-0.15, -0.1) is 0 Å². The normalized spacial score (nSPS) is 22.4. The Morgan fingerprint density at radius 2 is 2.09 bits per heavy atom. The first-order valence-electron chi connectivity index (χ1n) is 8.05. The van der Waals surface area contributed by atoms with E-state index in [2.05, 4.69) is 18.3 Å². The minimum atomic E-state index is -0.185. The fraction of sp³-hybridized carbons (Fsp3) is 0.500. The highest BCUT2D eigenvalue weighted by Gasteiger charge is 2.34. The number of fused-ring (bicyclic) bond motifs is 1. The monoisotopic (exact) mass is 300 g/mol. The van der Waals surface area contributed by atoms with Crippen molar-refractivity contribution in [1.82, 2.24) is 9.88 Å². The van der Waals surface area contributed by atoms with Crippen LogP contribution in [0.1, 0.15) is 42.2 Å². The molecule has 1 saturated carbocycles. The molecule has 1 amide bonds. The van der Waals surface area contributed by atoms with Crippen LogP contribution in [0.4, 0.5) is 0 Å². The molecule has 1 aromatic carbocycles. The summed E-state index contributed by atoms with van der Waals surface area (Å²) in [4.78, 5) is 12.8. The van der Waals surface area contributed by atoms with Crippen molar-refractivity contribution >= 4 is 16.8 Å². The smallest absolute Gasteiger partial charge is 0.268 e. The van der Waals surface area contributed by atoms with Gasteiger partial charge in [-0.05, 0) is 43.7 Å². The molecule has 4 nitrogen and oxygen atoms in total. The largest absolute Gasteiger partial charge is 0.393 e. The highest BCUT2D eigenvalue weighted by molar-refractivity contribution is 6.01. The Hall–Kier alpha value is -1.81. The number of rotatable bonds is 4. The van der Waals surface area contributed by atoms with Crippen LogP contribution >= 0.6 is 0 Å². The highest BCUT2D eigenvalue weighted by atomic mass is 16.3. The maximum absolute atomic E-state index is 12.8. The number of para-hydroxylation sites is 1. The molecule has 1 fully saturated rings. The van der Waals surface area contributed by atoms with Crippen molar-refractivity contribution in [3.63, 3.8) is 0 Å². The zero-order valence-electron chi connectivity index (χ0n) is 13.5. The summed E-state index contributed by atoms with van der Waals surface area (Å²) in [5.74, 6) is 0.392. The summed E-state index contributed by atoms with van der Waals surface area (Å²) in [6.07, 6.45) is 2.31. The van der Waals surface area contributed by atoms with Crippen molar-refractivity contribution in [2.75, 3.05) is 0 Å². The lowest BCUT2D eigenvalue weighted by molar-refractivity contribution is 0.0231. The van der Waals surface area contributed by atoms with E-state index in [1.165, 1.54) is 0 Å². The molecule has 4 heteroatoms. The highest BCUT2D eigenvalue weighted by Crippen LogP contribution is 2.32. The number of aliphatic hydroxyl groups excluding tert-OH is 1. The first-order valence-corrected chi connectivity index (χ1v) is 8.05. The lowest BCUT2D eigenvalue weighted by Gasteiger charge is -2.37. The van der Waals surface area contributed by atoms with Crippen LogP contribution < -0.4 is 5.32 Å². The van der Waals surface area contributed by atoms with Crippen molar-refractivity contribution in [2.45, 2.75) is 45.3 Å². The predicted octanol–water partition coefficient (Wildman–Crippen LogP) is 2.77. The SMILES string of the molecule is CC[C@@H](NC(=O)c1c(C)c2ccccc2n1C)C1CC(O)C1. The first kappa shape index (κ1) is 15.1. The summed E-state index contributed by atoms with van der Waals surface area (Å²) in [5.41, 5.74) is 2.84. The standard InChI is InChI=1S/C18H24N2O2/c1-4-15(12-9-13(21)10-12)19-18(22)17-11(2)14-7-5-6-8-16(14)20(17)3/h5-8,12-13,15,21H,4,9-10H2,1-3H3,(H,19,22)/t12?,13?,15-/m1/s1. The maximum atomic E-state index is 12.8. The van der Waals surface area contributed by atoms with Crippen molar-refractivity contribution in [3.05, 3.63) is 35.5 Å². The summed E-state index contributed by atoms with van der Waals surface area (Å²) in [6.45, 7) is 4.09. The molecule has 0 spiro atoms. The second-order valence-corrected chi connectivity index (χ2v) is 6.42. The molecule has 22 heavy (non-hydrogen) atoms. The molecule has 1 aliphatic carbocycles. The molecule has 1 aliphatic rings. The Balaban J connectivity index is 1.86. The van der Waals surface area contributed by atoms with E-state index in [0.29, 0.717) is 5.92 Å². The Morgan fingerprint density at radius 1 is 1.41 bits per heavy atom. The van der Waals surface area contributed by atoms with Gasteiger partial charge in [0.1, 0.15) is 5.69 Å². The maximum Gasteiger partial charge on any atom is 0.268 e. The number of carbonyl (C=O) groups excluding carboxylic acids is 1. The van der Waals surface area contributed by atoms with E-state index >= 15 is 0 Å². The summed E-state index contributed by atoms with van der Waals surface area (Å²) in [6, 6.07) is 8.24. The first-order chi connectivity index (χ1) is 10.5. The number of aromatic nitrogens is 1. The zero-order chi connectivity index (χ0) is 15.9. The van der Waals surface area contributed by atoms with Gasteiger partial charge in [-0.3, -0.25) is 4.79 Å². The van der Waals surface area contributed by atoms with Gasteiger partial charge in [-0.2, -0.15) is 0 Å². The molecule has 1 atom stereocenters. The summed E-state index contributed by atoms with van der Waals surface area (Å²) < 4.78 is 1.97. The van der Waals surface area contributed by atoms with Crippen LogP contribution in [-0.4, -0.2) is 27.7 Å². The van der Waals surface area contributed by atoms with Crippen molar-refractivity contribution < 1.29 is 9.90 Å². The van der Waals surface area contributed by atoms with Gasteiger partial charge in [-0.1, -0.05) is 25.1 Å². The third kappa shape index (κ3) is 2.41. The number of benzene rings is 1. The van der Waals surface area contributed by atoms with Crippen molar-refractivity contribution in [3.8, 4) is 0 Å². The number of amides is 1. The van der Waals surface area contributed by atoms with Crippen LogP contribution in [0.5, 0.6) is 0 Å². The number of carbonyl (C=O) groups is 1. The molecular formula is C18H24N2O2. The third-order valence-corrected chi connectivity index (χ3v) is 5.05. The van der Waals surface area contributed by atoms with Gasteiger partial charge in [0.2, 0.25) is 0 Å². The van der Waals surface area contributed by atoms with E-state index in [9.17, 15) is 9.90 Å². The van der Waals surface area contributed by atoms with Gasteiger partial charge in [0.05, 0.1) is 6.10 Å². The number of nitrogens with zero attached hydrogens (tertiary/aromatic N) is 1. The molecule has 0 radical (unpaired) electrons. The Labute approximate surface area is 131 Å². The van der Waals surface area contributed by atoms with E-state index < -0.39 is 0 Å². The van der Waals surface area contributed by atoms with Gasteiger partial charge >= 0.3 is 0 Å². The number of hydrogen-bond acceptors (Lipinski definition) is 2. The molecule has 0 bridgehead atoms. The molecule has 1 aromatic heterocycles. The number of aryl methyl sites for hydroxylation is 2. The van der Waals surface area contributed by atoms with Crippen molar-refractivity contribution in [1.29, 1.82) is 0 Å². The van der Waals surface area contributed by atoms with Crippen LogP contribution in [0.3, 0.4) is 0 Å². The van der Waals surface area contributed by atoms with E-state index in [1.54, 1.807) is 0 Å². The lowest BCUT2D eigenvalue weighted by Crippen LogP contribution is -2.47. The lowest BCUT2D eigenvalue weighted by atomic mass is 9.76. The number of nitrogens with one attached hydrogen (secondary N) is 1. The van der Waals surface area contributed by atoms with Gasteiger partial charge < -0.3 is 15.0 Å². The molecule has 2 aromatic rings. The Kier molecular flexibility index (Phi) is 3.96. The summed E-state index contributed by atoms with van der Waals surface area (Å²) in [5, 5.41) is 13.8. The Morgan fingerprint density at radius 3 is 2.68 bits per heavy atom. The average Bonchev–Trinajstić information content (AvgIpc) is 2.74. The minimum absolute atomic E-state index is 0.00978.